The topological polar surface area (TPSA) is 15.6 Å². The van der Waals surface area contributed by atoms with Gasteiger partial charge < -0.3 is 4.90 Å². The van der Waals surface area contributed by atoms with Gasteiger partial charge in [-0.15, -0.1) is 0 Å². The van der Waals surface area contributed by atoms with Crippen molar-refractivity contribution >= 4 is 5.84 Å². The highest BCUT2D eigenvalue weighted by Crippen LogP contribution is 2.03. The van der Waals surface area contributed by atoms with Crippen molar-refractivity contribution in [3.63, 3.8) is 0 Å². The number of rotatable bonds is 8. The molecule has 0 fully saturated rings. The molecular formula is C13H28N2. The van der Waals surface area contributed by atoms with Gasteiger partial charge >= 0.3 is 0 Å². The largest absolute Gasteiger partial charge is 0.360 e. The van der Waals surface area contributed by atoms with Crippen LogP contribution in [0.5, 0.6) is 0 Å². The summed E-state index contributed by atoms with van der Waals surface area (Å²) < 4.78 is 0. The highest BCUT2D eigenvalue weighted by Gasteiger charge is 2.07. The second kappa shape index (κ2) is 10.0. The molecule has 0 aromatic carbocycles. The molecule has 0 aliphatic heterocycles. The Balaban J connectivity index is 4.35. The molecule has 0 heterocycles. The molecule has 15 heavy (non-hydrogen) atoms. The zero-order valence-corrected chi connectivity index (χ0v) is 11.1. The molecule has 0 bridgehead atoms. The molecule has 0 saturated heterocycles. The predicted molar refractivity (Wildman–Crippen MR) is 69.7 cm³/mol. The van der Waals surface area contributed by atoms with Crippen molar-refractivity contribution in [1.29, 1.82) is 0 Å². The van der Waals surface area contributed by atoms with Crippen LogP contribution in [0.15, 0.2) is 4.99 Å². The Morgan fingerprint density at radius 2 is 1.47 bits per heavy atom. The Bertz CT molecular complexity index is 158. The maximum atomic E-state index is 4.71. The van der Waals surface area contributed by atoms with E-state index in [-0.39, 0.29) is 0 Å². The molecule has 0 rings (SSSR count). The molecule has 0 aliphatic carbocycles. The molecule has 0 amide bonds. The average Bonchev–Trinajstić information content (AvgIpc) is 2.24. The van der Waals surface area contributed by atoms with Crippen molar-refractivity contribution < 1.29 is 0 Å². The maximum Gasteiger partial charge on any atom is 0.0988 e. The standard InChI is InChI=1S/C13H28N2/c1-5-9-13(14-10-6-2)15(11-7-3)12-8-4/h5-12H2,1-4H3. The number of nitrogens with zero attached hydrogens (tertiary/aromatic N) is 2. The van der Waals surface area contributed by atoms with E-state index in [0.29, 0.717) is 0 Å². The number of hydrogen-bond acceptors (Lipinski definition) is 1. The number of amidine groups is 1. The monoisotopic (exact) mass is 212 g/mol. The van der Waals surface area contributed by atoms with Gasteiger partial charge in [-0.2, -0.15) is 0 Å². The minimum atomic E-state index is 0.985. The molecule has 90 valence electrons. The van der Waals surface area contributed by atoms with Crippen molar-refractivity contribution in [3.05, 3.63) is 0 Å². The van der Waals surface area contributed by atoms with Gasteiger partial charge in [0.15, 0.2) is 0 Å². The summed E-state index contributed by atoms with van der Waals surface area (Å²) in [5.74, 6) is 1.34. The van der Waals surface area contributed by atoms with Gasteiger partial charge in [-0.25, -0.2) is 0 Å². The lowest BCUT2D eigenvalue weighted by molar-refractivity contribution is 0.406. The van der Waals surface area contributed by atoms with E-state index in [1.807, 2.05) is 0 Å². The smallest absolute Gasteiger partial charge is 0.0988 e. The SMILES string of the molecule is CCCN=C(CCC)N(CCC)CCC. The molecular weight excluding hydrogens is 184 g/mol. The summed E-state index contributed by atoms with van der Waals surface area (Å²) in [5.41, 5.74) is 0. The van der Waals surface area contributed by atoms with Crippen LogP contribution in [0.3, 0.4) is 0 Å². The van der Waals surface area contributed by atoms with Gasteiger partial charge in [0.25, 0.3) is 0 Å². The molecule has 0 atom stereocenters. The molecule has 0 radical (unpaired) electrons. The Hall–Kier alpha value is -0.530. The molecule has 0 N–H and O–H groups in total. The first kappa shape index (κ1) is 14.5. The van der Waals surface area contributed by atoms with Crippen LogP contribution >= 0.6 is 0 Å². The molecule has 0 aliphatic rings. The van der Waals surface area contributed by atoms with Crippen molar-refractivity contribution in [2.24, 2.45) is 4.99 Å². The van der Waals surface area contributed by atoms with Crippen LogP contribution in [-0.4, -0.2) is 30.4 Å². The van der Waals surface area contributed by atoms with E-state index in [2.05, 4.69) is 32.6 Å². The number of aliphatic imine (C=N–C) groups is 1. The number of hydrogen-bond donors (Lipinski definition) is 0. The van der Waals surface area contributed by atoms with Crippen molar-refractivity contribution in [1.82, 2.24) is 4.90 Å². The summed E-state index contributed by atoms with van der Waals surface area (Å²) in [6.07, 6.45) is 5.93. The normalized spacial score (nSPS) is 11.9. The van der Waals surface area contributed by atoms with Gasteiger partial charge in [-0.05, 0) is 25.7 Å². The first-order valence-corrected chi connectivity index (χ1v) is 6.58. The van der Waals surface area contributed by atoms with E-state index in [9.17, 15) is 0 Å². The Kier molecular flexibility index (Phi) is 9.65. The molecule has 0 unspecified atom stereocenters. The summed E-state index contributed by atoms with van der Waals surface area (Å²) in [6, 6.07) is 0. The fourth-order valence-electron chi connectivity index (χ4n) is 1.71. The van der Waals surface area contributed by atoms with E-state index < -0.39 is 0 Å². The zero-order chi connectivity index (χ0) is 11.5. The summed E-state index contributed by atoms with van der Waals surface area (Å²) >= 11 is 0. The first-order valence-electron chi connectivity index (χ1n) is 6.58. The summed E-state index contributed by atoms with van der Waals surface area (Å²) in [6.45, 7) is 12.2. The van der Waals surface area contributed by atoms with Crippen LogP contribution in [0.25, 0.3) is 0 Å². The van der Waals surface area contributed by atoms with Crippen molar-refractivity contribution in [2.75, 3.05) is 19.6 Å². The van der Waals surface area contributed by atoms with Crippen LogP contribution < -0.4 is 0 Å². The molecule has 2 nitrogen and oxygen atoms in total. The third kappa shape index (κ3) is 6.53. The lowest BCUT2D eigenvalue weighted by Gasteiger charge is -2.25. The molecule has 2 heteroatoms. The molecule has 0 aromatic heterocycles. The highest BCUT2D eigenvalue weighted by atomic mass is 15.2. The third-order valence-electron chi connectivity index (χ3n) is 2.34. The van der Waals surface area contributed by atoms with Crippen molar-refractivity contribution in [3.8, 4) is 0 Å². The quantitative estimate of drug-likeness (QED) is 0.442. The van der Waals surface area contributed by atoms with E-state index in [0.717, 1.165) is 32.5 Å². The van der Waals surface area contributed by atoms with Crippen LogP contribution in [0.4, 0.5) is 0 Å². The third-order valence-corrected chi connectivity index (χ3v) is 2.34. The highest BCUT2D eigenvalue weighted by molar-refractivity contribution is 5.82. The van der Waals surface area contributed by atoms with E-state index >= 15 is 0 Å². The Morgan fingerprint density at radius 1 is 0.867 bits per heavy atom. The summed E-state index contributed by atoms with van der Waals surface area (Å²) in [7, 11) is 0. The van der Waals surface area contributed by atoms with Gasteiger partial charge in [0, 0.05) is 26.1 Å². The van der Waals surface area contributed by atoms with Gasteiger partial charge in [0.05, 0.1) is 5.84 Å². The van der Waals surface area contributed by atoms with Crippen LogP contribution in [0.2, 0.25) is 0 Å². The Morgan fingerprint density at radius 3 is 1.87 bits per heavy atom. The maximum absolute atomic E-state index is 4.71. The van der Waals surface area contributed by atoms with Crippen LogP contribution in [0.1, 0.15) is 59.8 Å². The van der Waals surface area contributed by atoms with Gasteiger partial charge in [-0.1, -0.05) is 27.7 Å². The lowest BCUT2D eigenvalue weighted by Crippen LogP contribution is -2.32. The minimum absolute atomic E-state index is 0.985. The van der Waals surface area contributed by atoms with Crippen LogP contribution in [0, 0.1) is 0 Å². The average molecular weight is 212 g/mol. The minimum Gasteiger partial charge on any atom is -0.360 e. The Labute approximate surface area is 95.8 Å². The molecule has 0 aromatic rings. The van der Waals surface area contributed by atoms with Gasteiger partial charge in [0.2, 0.25) is 0 Å². The zero-order valence-electron chi connectivity index (χ0n) is 11.1. The second-order valence-corrected chi connectivity index (χ2v) is 4.03. The van der Waals surface area contributed by atoms with Gasteiger partial charge in [0.1, 0.15) is 0 Å². The van der Waals surface area contributed by atoms with E-state index in [4.69, 9.17) is 4.99 Å². The first-order chi connectivity index (χ1) is 7.29. The predicted octanol–water partition coefficient (Wildman–Crippen LogP) is 3.72. The fourth-order valence-corrected chi connectivity index (χ4v) is 1.71. The van der Waals surface area contributed by atoms with E-state index in [1.54, 1.807) is 0 Å². The fraction of sp³-hybridized carbons (Fsp3) is 0.923. The second-order valence-electron chi connectivity index (χ2n) is 4.03. The molecule has 0 spiro atoms. The van der Waals surface area contributed by atoms with E-state index in [1.165, 1.54) is 25.1 Å². The van der Waals surface area contributed by atoms with Gasteiger partial charge in [-0.3, -0.25) is 4.99 Å². The van der Waals surface area contributed by atoms with Crippen LogP contribution in [-0.2, 0) is 0 Å². The lowest BCUT2D eigenvalue weighted by atomic mass is 10.2. The summed E-state index contributed by atoms with van der Waals surface area (Å²) in [4.78, 5) is 7.18. The molecule has 0 saturated carbocycles. The summed E-state index contributed by atoms with van der Waals surface area (Å²) in [5, 5.41) is 0. The van der Waals surface area contributed by atoms with Crippen molar-refractivity contribution in [2.45, 2.75) is 59.8 Å².